The van der Waals surface area contributed by atoms with Crippen LogP contribution in [0.3, 0.4) is 0 Å². The van der Waals surface area contributed by atoms with Gasteiger partial charge in [-0.2, -0.15) is 4.31 Å². The first-order chi connectivity index (χ1) is 12.5. The summed E-state index contributed by atoms with van der Waals surface area (Å²) in [5, 5.41) is 0. The molecule has 0 saturated carbocycles. The van der Waals surface area contributed by atoms with Crippen molar-refractivity contribution in [2.75, 3.05) is 32.8 Å². The molecule has 1 aromatic heterocycles. The number of halogens is 1. The monoisotopic (exact) mass is 414 g/mol. The molecule has 0 spiro atoms. The van der Waals surface area contributed by atoms with Crippen LogP contribution < -0.4 is 0 Å². The van der Waals surface area contributed by atoms with Crippen LogP contribution in [0, 0.1) is 0 Å². The van der Waals surface area contributed by atoms with Gasteiger partial charge in [-0.15, -0.1) is 11.3 Å². The van der Waals surface area contributed by atoms with Crippen molar-refractivity contribution >= 4 is 33.0 Å². The molecule has 26 heavy (non-hydrogen) atoms. The summed E-state index contributed by atoms with van der Waals surface area (Å²) >= 11 is 7.59. The first kappa shape index (κ1) is 19.8. The Labute approximate surface area is 164 Å². The van der Waals surface area contributed by atoms with Crippen LogP contribution in [0.1, 0.15) is 17.4 Å². The van der Waals surface area contributed by atoms with Gasteiger partial charge in [0.1, 0.15) is 0 Å². The molecule has 0 bridgehead atoms. The van der Waals surface area contributed by atoms with Gasteiger partial charge in [0.15, 0.2) is 0 Å². The summed E-state index contributed by atoms with van der Waals surface area (Å²) in [5.41, 5.74) is 0.990. The molecule has 1 fully saturated rings. The quantitative estimate of drug-likeness (QED) is 0.696. The van der Waals surface area contributed by atoms with Gasteiger partial charge < -0.3 is 4.74 Å². The number of nitrogens with zero attached hydrogens (tertiary/aromatic N) is 2. The van der Waals surface area contributed by atoms with E-state index in [1.54, 1.807) is 23.5 Å². The summed E-state index contributed by atoms with van der Waals surface area (Å²) in [7, 11) is -3.46. The van der Waals surface area contributed by atoms with E-state index in [9.17, 15) is 8.42 Å². The topological polar surface area (TPSA) is 49.9 Å². The Balaban J connectivity index is 1.73. The van der Waals surface area contributed by atoms with Crippen LogP contribution in [0.15, 0.2) is 41.3 Å². The van der Waals surface area contributed by atoms with Crippen LogP contribution in [-0.2, 0) is 27.8 Å². The zero-order valence-corrected chi connectivity index (χ0v) is 17.1. The number of rotatable bonds is 7. The zero-order chi connectivity index (χ0) is 18.6. The van der Waals surface area contributed by atoms with Gasteiger partial charge in [0.25, 0.3) is 0 Å². The number of hydrogen-bond acceptors (Lipinski definition) is 5. The van der Waals surface area contributed by atoms with Crippen molar-refractivity contribution in [3.05, 3.63) is 51.2 Å². The largest absolute Gasteiger partial charge is 0.379 e. The lowest BCUT2D eigenvalue weighted by molar-refractivity contribution is 0.0730. The summed E-state index contributed by atoms with van der Waals surface area (Å²) in [6, 6.07) is 11.2. The Hall–Kier alpha value is -0.960. The first-order valence-electron chi connectivity index (χ1n) is 8.62. The van der Waals surface area contributed by atoms with E-state index in [1.165, 1.54) is 9.18 Å². The van der Waals surface area contributed by atoms with Crippen molar-refractivity contribution in [3.8, 4) is 0 Å². The second-order valence-corrected chi connectivity index (χ2v) is 9.91. The molecule has 142 valence electrons. The van der Waals surface area contributed by atoms with Gasteiger partial charge in [-0.3, -0.25) is 4.90 Å². The maximum Gasteiger partial charge on any atom is 0.243 e. The molecule has 1 aromatic carbocycles. The number of thiophene rings is 1. The molecule has 5 nitrogen and oxygen atoms in total. The summed E-state index contributed by atoms with van der Waals surface area (Å²) in [4.78, 5) is 3.82. The maximum atomic E-state index is 12.8. The number of ether oxygens (including phenoxy) is 1. The van der Waals surface area contributed by atoms with Crippen molar-refractivity contribution < 1.29 is 13.2 Å². The molecular weight excluding hydrogens is 392 g/mol. The highest BCUT2D eigenvalue weighted by molar-refractivity contribution is 7.89. The minimum atomic E-state index is -3.46. The average molecular weight is 415 g/mol. The molecule has 1 aliphatic rings. The molecule has 1 aliphatic heterocycles. The molecular formula is C18H23ClN2O3S2. The van der Waals surface area contributed by atoms with Gasteiger partial charge in [-0.1, -0.05) is 30.7 Å². The van der Waals surface area contributed by atoms with Crippen molar-refractivity contribution in [2.24, 2.45) is 0 Å². The van der Waals surface area contributed by atoms with Crippen molar-refractivity contribution in [1.82, 2.24) is 9.21 Å². The minimum absolute atomic E-state index is 0.354. The standard InChI is InChI=1S/C18H23ClN2O3S2/c1-2-20(14-16-6-7-18(19)25-16)13-15-4-3-5-17(12-15)26(22,23)21-8-10-24-11-9-21/h3-7,12H,2,8-11,13-14H2,1H3. The van der Waals surface area contributed by atoms with Crippen molar-refractivity contribution in [2.45, 2.75) is 24.9 Å². The van der Waals surface area contributed by atoms with Gasteiger partial charge in [-0.25, -0.2) is 8.42 Å². The number of morpholine rings is 1. The molecule has 0 aliphatic carbocycles. The lowest BCUT2D eigenvalue weighted by Gasteiger charge is -2.26. The predicted octanol–water partition coefficient (Wildman–Crippen LogP) is 3.44. The van der Waals surface area contributed by atoms with E-state index in [0.717, 1.165) is 23.0 Å². The third-order valence-corrected chi connectivity index (χ3v) is 7.48. The maximum absolute atomic E-state index is 12.8. The fourth-order valence-corrected chi connectivity index (χ4v) is 5.54. The van der Waals surface area contributed by atoms with E-state index in [0.29, 0.717) is 37.7 Å². The third kappa shape index (κ3) is 4.85. The Morgan fingerprint density at radius 1 is 1.19 bits per heavy atom. The smallest absolute Gasteiger partial charge is 0.243 e. The summed E-state index contributed by atoms with van der Waals surface area (Å²) in [6.45, 7) is 6.18. The normalized spacial score (nSPS) is 16.3. The zero-order valence-electron chi connectivity index (χ0n) is 14.7. The lowest BCUT2D eigenvalue weighted by atomic mass is 10.2. The van der Waals surface area contributed by atoms with E-state index in [2.05, 4.69) is 11.8 Å². The van der Waals surface area contributed by atoms with Crippen molar-refractivity contribution in [3.63, 3.8) is 0 Å². The molecule has 0 radical (unpaired) electrons. The Morgan fingerprint density at radius 3 is 2.62 bits per heavy atom. The Kier molecular flexibility index (Phi) is 6.71. The summed E-state index contributed by atoms with van der Waals surface area (Å²) < 4.78 is 33.2. The average Bonchev–Trinajstić information content (AvgIpc) is 3.07. The van der Waals surface area contributed by atoms with E-state index in [1.807, 2.05) is 24.3 Å². The van der Waals surface area contributed by atoms with Gasteiger partial charge in [-0.05, 0) is 36.4 Å². The van der Waals surface area contributed by atoms with Crippen LogP contribution >= 0.6 is 22.9 Å². The first-order valence-corrected chi connectivity index (χ1v) is 11.3. The van der Waals surface area contributed by atoms with Crippen LogP contribution in [0.5, 0.6) is 0 Å². The molecule has 0 atom stereocenters. The SMILES string of the molecule is CCN(Cc1cccc(S(=O)(=O)N2CCOCC2)c1)Cc1ccc(Cl)s1. The fourth-order valence-electron chi connectivity index (χ4n) is 2.94. The van der Waals surface area contributed by atoms with Gasteiger partial charge in [0.2, 0.25) is 10.0 Å². The molecule has 2 heterocycles. The van der Waals surface area contributed by atoms with Crippen molar-refractivity contribution in [1.29, 1.82) is 0 Å². The molecule has 2 aromatic rings. The third-order valence-electron chi connectivity index (χ3n) is 4.37. The lowest BCUT2D eigenvalue weighted by Crippen LogP contribution is -2.40. The Bertz CT molecular complexity index is 832. The highest BCUT2D eigenvalue weighted by Gasteiger charge is 2.26. The molecule has 0 N–H and O–H groups in total. The molecule has 3 rings (SSSR count). The number of sulfonamides is 1. The van der Waals surface area contributed by atoms with Gasteiger partial charge >= 0.3 is 0 Å². The molecule has 8 heteroatoms. The van der Waals surface area contributed by atoms with Crippen LogP contribution in [0.4, 0.5) is 0 Å². The Morgan fingerprint density at radius 2 is 1.96 bits per heavy atom. The van der Waals surface area contributed by atoms with E-state index < -0.39 is 10.0 Å². The molecule has 0 amide bonds. The molecule has 0 unspecified atom stereocenters. The summed E-state index contributed by atoms with van der Waals surface area (Å²) in [5.74, 6) is 0. The highest BCUT2D eigenvalue weighted by atomic mass is 35.5. The fraction of sp³-hybridized carbons (Fsp3) is 0.444. The van der Waals surface area contributed by atoms with Crippen LogP contribution in [0.2, 0.25) is 4.34 Å². The van der Waals surface area contributed by atoms with Crippen LogP contribution in [0.25, 0.3) is 0 Å². The highest BCUT2D eigenvalue weighted by Crippen LogP contribution is 2.24. The summed E-state index contributed by atoms with van der Waals surface area (Å²) in [6.07, 6.45) is 0. The van der Waals surface area contributed by atoms with Crippen LogP contribution in [-0.4, -0.2) is 50.5 Å². The van der Waals surface area contributed by atoms with E-state index >= 15 is 0 Å². The number of hydrogen-bond donors (Lipinski definition) is 0. The van der Waals surface area contributed by atoms with Gasteiger partial charge in [0.05, 0.1) is 22.4 Å². The molecule has 1 saturated heterocycles. The predicted molar refractivity (Wildman–Crippen MR) is 105 cm³/mol. The van der Waals surface area contributed by atoms with E-state index in [-0.39, 0.29) is 0 Å². The second kappa shape index (κ2) is 8.82. The van der Waals surface area contributed by atoms with E-state index in [4.69, 9.17) is 16.3 Å². The minimum Gasteiger partial charge on any atom is -0.379 e. The number of benzene rings is 1. The van der Waals surface area contributed by atoms with Gasteiger partial charge in [0, 0.05) is 31.1 Å². The second-order valence-electron chi connectivity index (χ2n) is 6.17.